The number of nitrogens with zero attached hydrogens (tertiary/aromatic N) is 4. The minimum Gasteiger partial charge on any atom is -0.411 e. The predicted octanol–water partition coefficient (Wildman–Crippen LogP) is 2.92. The summed E-state index contributed by atoms with van der Waals surface area (Å²) >= 11 is 1.30. The lowest BCUT2D eigenvalue weighted by Crippen LogP contribution is -2.44. The number of rotatable bonds is 7. The van der Waals surface area contributed by atoms with Crippen LogP contribution in [0.3, 0.4) is 0 Å². The average Bonchev–Trinajstić information content (AvgIpc) is 3.18. The number of anilines is 1. The van der Waals surface area contributed by atoms with Crippen LogP contribution in [0, 0.1) is 0 Å². The molecule has 0 bridgehead atoms. The minimum atomic E-state index is -0.276. The molecule has 0 saturated carbocycles. The molecule has 0 radical (unpaired) electrons. The topological polar surface area (TPSA) is 71.7 Å². The Hall–Kier alpha value is -2.06. The number of benzene rings is 1. The molecule has 1 atom stereocenters. The molecule has 0 spiro atoms. The number of thioether (sulfide) groups is 1. The van der Waals surface area contributed by atoms with Gasteiger partial charge in [0.1, 0.15) is 0 Å². The van der Waals surface area contributed by atoms with Crippen molar-refractivity contribution in [2.24, 2.45) is 0 Å². The number of hydrogen-bond acceptors (Lipinski definition) is 7. The van der Waals surface area contributed by atoms with Crippen molar-refractivity contribution < 1.29 is 13.9 Å². The summed E-state index contributed by atoms with van der Waals surface area (Å²) in [4.78, 5) is 16.6. The maximum absolute atomic E-state index is 12.5. The molecule has 1 amide bonds. The van der Waals surface area contributed by atoms with E-state index in [-0.39, 0.29) is 11.2 Å². The van der Waals surface area contributed by atoms with Crippen LogP contribution < -0.4 is 4.90 Å². The zero-order valence-corrected chi connectivity index (χ0v) is 16.9. The van der Waals surface area contributed by atoms with Crippen LogP contribution >= 0.6 is 11.8 Å². The molecule has 1 aromatic carbocycles. The van der Waals surface area contributed by atoms with Crippen LogP contribution in [0.5, 0.6) is 0 Å². The van der Waals surface area contributed by atoms with Crippen LogP contribution in [0.1, 0.15) is 20.8 Å². The molecule has 7 nitrogen and oxygen atoms in total. The second-order valence-electron chi connectivity index (χ2n) is 6.29. The molecule has 2 heterocycles. The van der Waals surface area contributed by atoms with Gasteiger partial charge in [-0.3, -0.25) is 4.79 Å². The van der Waals surface area contributed by atoms with Gasteiger partial charge in [0.15, 0.2) is 0 Å². The van der Waals surface area contributed by atoms with Gasteiger partial charge in [-0.1, -0.05) is 11.8 Å². The lowest BCUT2D eigenvalue weighted by atomic mass is 10.2. The van der Waals surface area contributed by atoms with E-state index < -0.39 is 0 Å². The van der Waals surface area contributed by atoms with Gasteiger partial charge in [-0.2, -0.15) is 0 Å². The SMILES string of the molecule is CCN(CC)c1ccc(-c2nnc(S[C@H](C)C(=O)N3CCOCC3)o2)cc1. The Morgan fingerprint density at radius 3 is 2.48 bits per heavy atom. The third-order valence-corrected chi connectivity index (χ3v) is 5.52. The summed E-state index contributed by atoms with van der Waals surface area (Å²) in [6.45, 7) is 10.5. The second-order valence-corrected chi connectivity index (χ2v) is 7.58. The number of ether oxygens (including phenoxy) is 1. The van der Waals surface area contributed by atoms with Crippen LogP contribution in [-0.2, 0) is 9.53 Å². The first-order chi connectivity index (χ1) is 13.1. The summed E-state index contributed by atoms with van der Waals surface area (Å²) in [6, 6.07) is 8.09. The van der Waals surface area contributed by atoms with E-state index in [9.17, 15) is 4.79 Å². The van der Waals surface area contributed by atoms with Crippen molar-refractivity contribution in [3.63, 3.8) is 0 Å². The number of amides is 1. The zero-order chi connectivity index (χ0) is 19.2. The average molecular weight is 391 g/mol. The molecule has 0 aliphatic carbocycles. The highest BCUT2D eigenvalue weighted by molar-refractivity contribution is 8.00. The van der Waals surface area contributed by atoms with E-state index in [4.69, 9.17) is 9.15 Å². The van der Waals surface area contributed by atoms with Crippen molar-refractivity contribution in [2.45, 2.75) is 31.2 Å². The summed E-state index contributed by atoms with van der Waals surface area (Å²) in [6.07, 6.45) is 0. The molecule has 8 heteroatoms. The Morgan fingerprint density at radius 2 is 1.85 bits per heavy atom. The maximum Gasteiger partial charge on any atom is 0.277 e. The standard InChI is InChI=1S/C19H26N4O3S/c1-4-22(5-2)16-8-6-15(7-9-16)17-20-21-19(26-17)27-14(3)18(24)23-10-12-25-13-11-23/h6-9,14H,4-5,10-13H2,1-3H3/t14-/m1/s1. The van der Waals surface area contributed by atoms with Crippen molar-refractivity contribution in [1.82, 2.24) is 15.1 Å². The molecule has 146 valence electrons. The van der Waals surface area contributed by atoms with Crippen LogP contribution in [0.25, 0.3) is 11.5 Å². The van der Waals surface area contributed by atoms with Gasteiger partial charge >= 0.3 is 0 Å². The fourth-order valence-electron chi connectivity index (χ4n) is 3.02. The largest absolute Gasteiger partial charge is 0.411 e. The van der Waals surface area contributed by atoms with Crippen molar-refractivity contribution in [3.05, 3.63) is 24.3 Å². The van der Waals surface area contributed by atoms with Crippen LogP contribution in [-0.4, -0.2) is 65.6 Å². The molecular formula is C19H26N4O3S. The third-order valence-electron chi connectivity index (χ3n) is 4.60. The molecule has 1 saturated heterocycles. The van der Waals surface area contributed by atoms with Crippen LogP contribution in [0.2, 0.25) is 0 Å². The lowest BCUT2D eigenvalue weighted by Gasteiger charge is -2.28. The van der Waals surface area contributed by atoms with Crippen molar-refractivity contribution in [1.29, 1.82) is 0 Å². The summed E-state index contributed by atoms with van der Waals surface area (Å²) in [5, 5.41) is 8.35. The molecule has 0 N–H and O–H groups in total. The van der Waals surface area contributed by atoms with Gasteiger partial charge in [-0.05, 0) is 45.0 Å². The quantitative estimate of drug-likeness (QED) is 0.673. The van der Waals surface area contributed by atoms with E-state index in [2.05, 4.69) is 41.1 Å². The van der Waals surface area contributed by atoms with Gasteiger partial charge in [-0.25, -0.2) is 0 Å². The molecule has 1 aliphatic heterocycles. The Balaban J connectivity index is 1.63. The number of morpholine rings is 1. The van der Waals surface area contributed by atoms with Crippen molar-refractivity contribution >= 4 is 23.4 Å². The summed E-state index contributed by atoms with van der Waals surface area (Å²) in [5.74, 6) is 0.543. The van der Waals surface area contributed by atoms with Crippen molar-refractivity contribution in [2.75, 3.05) is 44.3 Å². The van der Waals surface area contributed by atoms with Gasteiger partial charge in [0.2, 0.25) is 11.8 Å². The Morgan fingerprint density at radius 1 is 1.19 bits per heavy atom. The first kappa shape index (κ1) is 19.7. The first-order valence-corrected chi connectivity index (χ1v) is 10.2. The zero-order valence-electron chi connectivity index (χ0n) is 16.1. The molecule has 1 fully saturated rings. The first-order valence-electron chi connectivity index (χ1n) is 9.34. The van der Waals surface area contributed by atoms with Gasteiger partial charge in [0, 0.05) is 37.4 Å². The van der Waals surface area contributed by atoms with E-state index >= 15 is 0 Å². The molecule has 3 rings (SSSR count). The smallest absolute Gasteiger partial charge is 0.277 e. The van der Waals surface area contributed by atoms with E-state index in [1.807, 2.05) is 24.0 Å². The van der Waals surface area contributed by atoms with Crippen LogP contribution in [0.4, 0.5) is 5.69 Å². The Labute approximate surface area is 164 Å². The Bertz CT molecular complexity index is 740. The highest BCUT2D eigenvalue weighted by atomic mass is 32.2. The second kappa shape index (κ2) is 9.23. The molecule has 1 aromatic heterocycles. The van der Waals surface area contributed by atoms with Crippen LogP contribution in [0.15, 0.2) is 33.9 Å². The Kier molecular flexibility index (Phi) is 6.73. The number of carbonyl (C=O) groups is 1. The predicted molar refractivity (Wildman–Crippen MR) is 106 cm³/mol. The van der Waals surface area contributed by atoms with Gasteiger partial charge in [0.05, 0.1) is 18.5 Å². The lowest BCUT2D eigenvalue weighted by molar-refractivity contribution is -0.134. The number of hydrogen-bond donors (Lipinski definition) is 0. The van der Waals surface area contributed by atoms with Crippen molar-refractivity contribution in [3.8, 4) is 11.5 Å². The van der Waals surface area contributed by atoms with E-state index in [0.717, 1.165) is 18.7 Å². The highest BCUT2D eigenvalue weighted by Gasteiger charge is 2.25. The fourth-order valence-corrected chi connectivity index (χ4v) is 3.79. The molecule has 1 aliphatic rings. The fraction of sp³-hybridized carbons (Fsp3) is 0.526. The normalized spacial score (nSPS) is 15.6. The summed E-state index contributed by atoms with van der Waals surface area (Å²) in [7, 11) is 0. The van der Waals surface area contributed by atoms with E-state index in [1.54, 1.807) is 0 Å². The maximum atomic E-state index is 12.5. The monoisotopic (exact) mass is 390 g/mol. The third kappa shape index (κ3) is 4.81. The van der Waals surface area contributed by atoms with Gasteiger partial charge < -0.3 is 19.0 Å². The number of aromatic nitrogens is 2. The summed E-state index contributed by atoms with van der Waals surface area (Å²) < 4.78 is 11.1. The number of carbonyl (C=O) groups excluding carboxylic acids is 1. The molecule has 2 aromatic rings. The molecular weight excluding hydrogens is 364 g/mol. The van der Waals surface area contributed by atoms with E-state index in [0.29, 0.717) is 37.4 Å². The van der Waals surface area contributed by atoms with Gasteiger partial charge in [-0.15, -0.1) is 10.2 Å². The minimum absolute atomic E-state index is 0.0756. The summed E-state index contributed by atoms with van der Waals surface area (Å²) in [5.41, 5.74) is 2.04. The highest BCUT2D eigenvalue weighted by Crippen LogP contribution is 2.28. The van der Waals surface area contributed by atoms with Gasteiger partial charge in [0.25, 0.3) is 5.22 Å². The van der Waals surface area contributed by atoms with E-state index in [1.165, 1.54) is 17.4 Å². The molecule has 27 heavy (non-hydrogen) atoms. The molecule has 0 unspecified atom stereocenters.